The molecule has 0 saturated heterocycles. The molecule has 1 aromatic heterocycles. The Morgan fingerprint density at radius 3 is 2.84 bits per heavy atom. The summed E-state index contributed by atoms with van der Waals surface area (Å²) >= 11 is 0. The SMILES string of the molecule is C[C@H](C(=O)n1c(=O)oc2ccccc21)[C@H](O)CCF. The van der Waals surface area contributed by atoms with E-state index in [1.165, 1.54) is 6.92 Å². The van der Waals surface area contributed by atoms with Crippen molar-refractivity contribution in [2.45, 2.75) is 19.4 Å². The molecule has 102 valence electrons. The van der Waals surface area contributed by atoms with E-state index in [0.717, 1.165) is 4.57 Å². The number of hydrogen-bond donors (Lipinski definition) is 1. The average Bonchev–Trinajstić information content (AvgIpc) is 2.73. The number of carbonyl (C=O) groups is 1. The largest absolute Gasteiger partial charge is 0.426 e. The molecule has 6 heteroatoms. The standard InChI is InChI=1S/C13H14FNO4/c1-8(10(16)6-7-14)12(17)15-9-4-2-3-5-11(9)19-13(15)18/h2-5,8,10,16H,6-7H2,1H3/t8-,10+/m0/s1. The van der Waals surface area contributed by atoms with Crippen molar-refractivity contribution in [2.24, 2.45) is 5.92 Å². The lowest BCUT2D eigenvalue weighted by Crippen LogP contribution is -2.34. The van der Waals surface area contributed by atoms with Crippen LogP contribution in [0.5, 0.6) is 0 Å². The van der Waals surface area contributed by atoms with Crippen molar-refractivity contribution in [3.63, 3.8) is 0 Å². The van der Waals surface area contributed by atoms with Crippen molar-refractivity contribution < 1.29 is 18.7 Å². The van der Waals surface area contributed by atoms with Crippen LogP contribution in [0.4, 0.5) is 4.39 Å². The summed E-state index contributed by atoms with van der Waals surface area (Å²) in [7, 11) is 0. The number of aliphatic hydroxyl groups is 1. The van der Waals surface area contributed by atoms with Crippen LogP contribution in [0.15, 0.2) is 33.5 Å². The summed E-state index contributed by atoms with van der Waals surface area (Å²) in [6, 6.07) is 6.50. The van der Waals surface area contributed by atoms with Crippen molar-refractivity contribution in [3.8, 4) is 0 Å². The van der Waals surface area contributed by atoms with Crippen LogP contribution < -0.4 is 5.76 Å². The molecule has 0 saturated carbocycles. The Morgan fingerprint density at radius 2 is 2.16 bits per heavy atom. The first-order chi connectivity index (χ1) is 9.06. The molecule has 0 spiro atoms. The second-order valence-corrected chi connectivity index (χ2v) is 4.34. The maximum atomic E-state index is 12.2. The van der Waals surface area contributed by atoms with Gasteiger partial charge in [0, 0.05) is 6.42 Å². The molecule has 1 N–H and O–H groups in total. The normalized spacial score (nSPS) is 14.5. The third kappa shape index (κ3) is 2.44. The number of rotatable bonds is 4. The van der Waals surface area contributed by atoms with Crippen LogP contribution >= 0.6 is 0 Å². The minimum Gasteiger partial charge on any atom is -0.407 e. The van der Waals surface area contributed by atoms with Gasteiger partial charge >= 0.3 is 5.76 Å². The molecule has 0 aliphatic carbocycles. The van der Waals surface area contributed by atoms with Gasteiger partial charge in [-0.05, 0) is 12.1 Å². The van der Waals surface area contributed by atoms with Gasteiger partial charge in [0.1, 0.15) is 0 Å². The van der Waals surface area contributed by atoms with E-state index in [4.69, 9.17) is 4.42 Å². The van der Waals surface area contributed by atoms with E-state index in [-0.39, 0.29) is 6.42 Å². The molecule has 1 heterocycles. The number of alkyl halides is 1. The molecule has 5 nitrogen and oxygen atoms in total. The Bertz CT molecular complexity index is 645. The van der Waals surface area contributed by atoms with E-state index in [2.05, 4.69) is 0 Å². The monoisotopic (exact) mass is 267 g/mol. The molecule has 2 atom stereocenters. The van der Waals surface area contributed by atoms with Crippen molar-refractivity contribution in [3.05, 3.63) is 34.8 Å². The predicted octanol–water partition coefficient (Wildman–Crippen LogP) is 1.59. The topological polar surface area (TPSA) is 72.4 Å². The summed E-state index contributed by atoms with van der Waals surface area (Å²) in [5.41, 5.74) is 0.643. The van der Waals surface area contributed by atoms with Crippen LogP contribution in [0.1, 0.15) is 18.1 Å². The molecule has 0 unspecified atom stereocenters. The molecule has 0 amide bonds. The predicted molar refractivity (Wildman–Crippen MR) is 66.9 cm³/mol. The molecule has 0 aliphatic rings. The van der Waals surface area contributed by atoms with Crippen LogP contribution in [0.2, 0.25) is 0 Å². The van der Waals surface area contributed by atoms with Gasteiger partial charge in [0.05, 0.1) is 24.2 Å². The lowest BCUT2D eigenvalue weighted by molar-refractivity contribution is 0.0588. The van der Waals surface area contributed by atoms with Gasteiger partial charge in [-0.25, -0.2) is 9.36 Å². The molecule has 1 aromatic carbocycles. The third-order valence-electron chi connectivity index (χ3n) is 3.08. The van der Waals surface area contributed by atoms with Gasteiger partial charge in [-0.3, -0.25) is 9.18 Å². The van der Waals surface area contributed by atoms with Gasteiger partial charge in [0.25, 0.3) is 0 Å². The molecule has 2 rings (SSSR count). The highest BCUT2D eigenvalue weighted by molar-refractivity contribution is 5.90. The Hall–Kier alpha value is -1.95. The number of benzene rings is 1. The van der Waals surface area contributed by atoms with Crippen molar-refractivity contribution >= 4 is 17.0 Å². The van der Waals surface area contributed by atoms with Crippen molar-refractivity contribution in [1.29, 1.82) is 0 Å². The quantitative estimate of drug-likeness (QED) is 0.913. The van der Waals surface area contributed by atoms with Gasteiger partial charge in [-0.2, -0.15) is 0 Å². The Labute approximate surface area is 108 Å². The summed E-state index contributed by atoms with van der Waals surface area (Å²) < 4.78 is 18.0. The van der Waals surface area contributed by atoms with Crippen LogP contribution in [-0.4, -0.2) is 28.4 Å². The lowest BCUT2D eigenvalue weighted by atomic mass is 10.0. The fourth-order valence-corrected chi connectivity index (χ4v) is 1.90. The Balaban J connectivity index is 2.41. The second-order valence-electron chi connectivity index (χ2n) is 4.34. The fourth-order valence-electron chi connectivity index (χ4n) is 1.90. The molecule has 0 aliphatic heterocycles. The number of fused-ring (bicyclic) bond motifs is 1. The second kappa shape index (κ2) is 5.36. The van der Waals surface area contributed by atoms with E-state index in [1.54, 1.807) is 24.3 Å². The lowest BCUT2D eigenvalue weighted by Gasteiger charge is -2.16. The highest BCUT2D eigenvalue weighted by Gasteiger charge is 2.26. The van der Waals surface area contributed by atoms with Crippen LogP contribution in [0, 0.1) is 5.92 Å². The van der Waals surface area contributed by atoms with Crippen molar-refractivity contribution in [2.75, 3.05) is 6.67 Å². The number of nitrogens with zero attached hydrogens (tertiary/aromatic N) is 1. The van der Waals surface area contributed by atoms with E-state index in [9.17, 15) is 19.1 Å². The summed E-state index contributed by atoms with van der Waals surface area (Å²) in [5, 5.41) is 9.64. The molecule has 0 radical (unpaired) electrons. The minimum atomic E-state index is -1.13. The Kier molecular flexibility index (Phi) is 3.80. The van der Waals surface area contributed by atoms with E-state index in [1.807, 2.05) is 0 Å². The van der Waals surface area contributed by atoms with Crippen LogP contribution in [0.3, 0.4) is 0 Å². The van der Waals surface area contributed by atoms with Gasteiger partial charge in [-0.15, -0.1) is 0 Å². The Morgan fingerprint density at radius 1 is 1.47 bits per heavy atom. The van der Waals surface area contributed by atoms with Gasteiger partial charge in [-0.1, -0.05) is 19.1 Å². The van der Waals surface area contributed by atoms with E-state index < -0.39 is 30.4 Å². The first-order valence-electron chi connectivity index (χ1n) is 5.95. The summed E-state index contributed by atoms with van der Waals surface area (Å²) in [5.74, 6) is -2.28. The number of hydrogen-bond acceptors (Lipinski definition) is 4. The molecule has 0 fully saturated rings. The van der Waals surface area contributed by atoms with Crippen LogP contribution in [0.25, 0.3) is 11.1 Å². The first-order valence-corrected chi connectivity index (χ1v) is 5.95. The summed E-state index contributed by atoms with van der Waals surface area (Å²) in [6.45, 7) is 0.733. The molecule has 19 heavy (non-hydrogen) atoms. The molecular formula is C13H14FNO4. The smallest absolute Gasteiger partial charge is 0.407 e. The maximum absolute atomic E-state index is 12.2. The van der Waals surface area contributed by atoms with Gasteiger partial charge in [0.15, 0.2) is 5.58 Å². The van der Waals surface area contributed by atoms with Gasteiger partial charge < -0.3 is 9.52 Å². The zero-order chi connectivity index (χ0) is 14.0. The zero-order valence-electron chi connectivity index (χ0n) is 10.4. The number of carbonyl (C=O) groups excluding carboxylic acids is 1. The highest BCUT2D eigenvalue weighted by atomic mass is 19.1. The maximum Gasteiger partial charge on any atom is 0.426 e. The fraction of sp³-hybridized carbons (Fsp3) is 0.385. The van der Waals surface area contributed by atoms with E-state index in [0.29, 0.717) is 11.1 Å². The average molecular weight is 267 g/mol. The number of oxazole rings is 1. The number of para-hydroxylation sites is 2. The number of aliphatic hydroxyl groups excluding tert-OH is 1. The number of halogens is 1. The molecule has 2 aromatic rings. The van der Waals surface area contributed by atoms with Crippen LogP contribution in [-0.2, 0) is 0 Å². The third-order valence-corrected chi connectivity index (χ3v) is 3.08. The zero-order valence-corrected chi connectivity index (χ0v) is 10.4. The van der Waals surface area contributed by atoms with Crippen molar-refractivity contribution in [1.82, 2.24) is 4.57 Å². The van der Waals surface area contributed by atoms with Gasteiger partial charge in [0.2, 0.25) is 5.91 Å². The number of aromatic nitrogens is 1. The highest BCUT2D eigenvalue weighted by Crippen LogP contribution is 2.16. The van der Waals surface area contributed by atoms with E-state index >= 15 is 0 Å². The first kappa shape index (κ1) is 13.5. The summed E-state index contributed by atoms with van der Waals surface area (Å²) in [4.78, 5) is 23.9. The molecule has 0 bridgehead atoms. The molecular weight excluding hydrogens is 253 g/mol. The minimum absolute atomic E-state index is 0.141. The summed E-state index contributed by atoms with van der Waals surface area (Å²) in [6.07, 6.45) is -1.27.